The van der Waals surface area contributed by atoms with Gasteiger partial charge in [-0.15, -0.1) is 0 Å². The first-order valence-electron chi connectivity index (χ1n) is 65.4. The summed E-state index contributed by atoms with van der Waals surface area (Å²) in [6, 6.07) is 0. The van der Waals surface area contributed by atoms with Gasteiger partial charge in [0.05, 0.1) is 6.61 Å². The summed E-state index contributed by atoms with van der Waals surface area (Å²) in [5.74, 6) is -2.17. The van der Waals surface area contributed by atoms with Gasteiger partial charge in [-0.25, -0.2) is 19.2 Å². The molecule has 0 aromatic rings. The van der Waals surface area contributed by atoms with E-state index in [-0.39, 0.29) is 41.2 Å². The van der Waals surface area contributed by atoms with Crippen LogP contribution in [0.25, 0.3) is 0 Å². The fourth-order valence-electron chi connectivity index (χ4n) is 23.4. The minimum absolute atomic E-state index is 0.00200. The van der Waals surface area contributed by atoms with Crippen LogP contribution in [-0.2, 0) is 61.9 Å². The standard InChI is InChI=1S/C134H248O16/c1-18-23-28-33-38-43-48-53-57-59-61-66-70-75-80-84-89-94-109(7)99-113(11)103-117(15)130(140)147-125-120(106-135)144-133(127(124(125)138)149-132(142)119(17)105-115(13)101-111(9)96-91-86-81-76-71-67-62-60-58-54-49-44-39-34-29-24-19-2)150-134-128(146-122(136)97-92-87-82-77-72-63-52-47-42-37-32-27-22-5)126(148-131(141)118(16)104-114(12)100-110(8)95-90-85-79-74-69-65-56-51-46-41-36-31-26-21-4)123(137)121(145-134)107-143-129(139)116(14)102-112(10)98-108(6)93-88-83-78-73-68-64-55-50-45-40-35-30-25-20-3/h102-105,108-115,120-121,123-128,133-135,137-138H,18-101,106-107H2,1-17H3/b116-102+,117-103+,118-104+,119-105+/t108-,109-,110-,111-,112-,113-,114-,115-,120?,121?,123+,124?,125+,126?,127-,128+,133+,134+/m0/s1. The van der Waals surface area contributed by atoms with E-state index in [2.05, 4.69) is 90.0 Å². The Morgan fingerprint density at radius 3 is 0.700 bits per heavy atom. The maximum absolute atomic E-state index is 15.1. The maximum Gasteiger partial charge on any atom is 0.333 e. The smallest absolute Gasteiger partial charge is 0.333 e. The van der Waals surface area contributed by atoms with Crippen molar-refractivity contribution in [3.63, 3.8) is 0 Å². The summed E-state index contributed by atoms with van der Waals surface area (Å²) in [6.07, 6.45) is 93.8. The number of esters is 5. The van der Waals surface area contributed by atoms with E-state index in [1.54, 1.807) is 27.7 Å². The van der Waals surface area contributed by atoms with E-state index in [1.807, 2.05) is 24.3 Å². The molecular weight excluding hydrogens is 1870 g/mol. The van der Waals surface area contributed by atoms with Crippen LogP contribution in [0, 0.1) is 47.3 Å². The van der Waals surface area contributed by atoms with Gasteiger partial charge in [0.15, 0.2) is 24.4 Å². The molecule has 0 spiro atoms. The van der Waals surface area contributed by atoms with Gasteiger partial charge in [0, 0.05) is 28.7 Å². The molecule has 2 aliphatic rings. The van der Waals surface area contributed by atoms with Crippen molar-refractivity contribution in [3.8, 4) is 0 Å². The summed E-state index contributed by atoms with van der Waals surface area (Å²) in [5, 5.41) is 37.6. The fraction of sp³-hybridized carbons (Fsp3) is 0.903. The number of allylic oxidation sites excluding steroid dienone is 4. The number of ether oxygens (including phenoxy) is 8. The van der Waals surface area contributed by atoms with E-state index in [0.717, 1.165) is 103 Å². The quantitative estimate of drug-likeness (QED) is 0.0223. The highest BCUT2D eigenvalue weighted by Gasteiger charge is 2.56. The van der Waals surface area contributed by atoms with Crippen molar-refractivity contribution < 1.29 is 77.2 Å². The summed E-state index contributed by atoms with van der Waals surface area (Å²) in [4.78, 5) is 74.2. The first-order valence-corrected chi connectivity index (χ1v) is 65.4. The second-order valence-corrected chi connectivity index (χ2v) is 48.9. The van der Waals surface area contributed by atoms with E-state index in [9.17, 15) is 29.7 Å². The van der Waals surface area contributed by atoms with Gasteiger partial charge in [0.2, 0.25) is 12.6 Å². The van der Waals surface area contributed by atoms with Crippen molar-refractivity contribution in [2.24, 2.45) is 47.3 Å². The normalized spacial score (nSPS) is 20.1. The summed E-state index contributed by atoms with van der Waals surface area (Å²) in [6.45, 7) is 34.2. The minimum Gasteiger partial charge on any atom is -0.459 e. The molecule has 2 saturated heterocycles. The average molecular weight is 2120 g/mol. The van der Waals surface area contributed by atoms with Gasteiger partial charge in [-0.2, -0.15) is 0 Å². The molecule has 0 amide bonds. The van der Waals surface area contributed by atoms with Crippen molar-refractivity contribution >= 4 is 29.8 Å². The molecule has 880 valence electrons. The molecule has 0 radical (unpaired) electrons. The van der Waals surface area contributed by atoms with Crippen molar-refractivity contribution in [1.82, 2.24) is 0 Å². The second-order valence-electron chi connectivity index (χ2n) is 48.9. The molecule has 4 unspecified atom stereocenters. The lowest BCUT2D eigenvalue weighted by molar-refractivity contribution is -0.377. The zero-order chi connectivity index (χ0) is 110. The molecule has 2 heterocycles. The molecular formula is C134H248O16. The van der Waals surface area contributed by atoms with E-state index in [0.29, 0.717) is 41.2 Å². The largest absolute Gasteiger partial charge is 0.459 e. The molecule has 0 aliphatic carbocycles. The molecule has 0 aromatic carbocycles. The third-order valence-electron chi connectivity index (χ3n) is 32.8. The van der Waals surface area contributed by atoms with Crippen LogP contribution < -0.4 is 0 Å². The van der Waals surface area contributed by atoms with Gasteiger partial charge in [-0.1, -0.05) is 615 Å². The summed E-state index contributed by atoms with van der Waals surface area (Å²) < 4.78 is 52.3. The van der Waals surface area contributed by atoms with Crippen LogP contribution in [0.5, 0.6) is 0 Å². The number of hydrogen-bond acceptors (Lipinski definition) is 16. The molecule has 16 nitrogen and oxygen atoms in total. The average Bonchev–Trinajstić information content (AvgIpc) is 0.770. The van der Waals surface area contributed by atoms with E-state index >= 15 is 9.59 Å². The van der Waals surface area contributed by atoms with Gasteiger partial charge < -0.3 is 53.2 Å². The highest BCUT2D eigenvalue weighted by Crippen LogP contribution is 2.38. The Kier molecular flexibility index (Phi) is 93.1. The Hall–Kier alpha value is -3.93. The summed E-state index contributed by atoms with van der Waals surface area (Å²) in [7, 11) is 0. The monoisotopic (exact) mass is 2110 g/mol. The van der Waals surface area contributed by atoms with Crippen LogP contribution in [-0.4, -0.2) is 120 Å². The second kappa shape index (κ2) is 98.2. The summed E-state index contributed by atoms with van der Waals surface area (Å²) >= 11 is 0. The van der Waals surface area contributed by atoms with Crippen LogP contribution in [0.1, 0.15) is 657 Å². The van der Waals surface area contributed by atoms with Crippen molar-refractivity contribution in [1.29, 1.82) is 0 Å². The van der Waals surface area contributed by atoms with Gasteiger partial charge >= 0.3 is 29.8 Å². The molecule has 2 fully saturated rings. The molecule has 150 heavy (non-hydrogen) atoms. The van der Waals surface area contributed by atoms with Gasteiger partial charge in [-0.3, -0.25) is 4.79 Å². The Morgan fingerprint density at radius 2 is 0.453 bits per heavy atom. The number of carbonyl (C=O) groups excluding carboxylic acids is 5. The van der Waals surface area contributed by atoms with E-state index < -0.39 is 104 Å². The minimum atomic E-state index is -1.92. The summed E-state index contributed by atoms with van der Waals surface area (Å²) in [5.41, 5.74) is 1.18. The lowest BCUT2D eigenvalue weighted by Gasteiger charge is -2.47. The molecule has 0 saturated carbocycles. The van der Waals surface area contributed by atoms with Crippen molar-refractivity contribution in [2.75, 3.05) is 13.2 Å². The third-order valence-corrected chi connectivity index (χ3v) is 32.8. The number of hydrogen-bond donors (Lipinski definition) is 3. The SMILES string of the molecule is CCCCCCCCCCCCCCCCCCC[C@H](C)C[C@H](C)/C=C(\C)C(=O)O[C@@H]1C(CO)O[C@H](O[C@H]2OC(COC(=O)/C(C)=C/[C@@H](C)C[C@@H](C)CCCCCCCCCCCCCCCC)[C@@H](O)C(OC(=O)/C(C)=C/[C@@H](C)C[C@@H](C)CCCCCCCCCCCCCCCC)[C@H]2OC(=O)CCCCCCCCCCCCCCC)[C@@H](OC(=O)/C(C)=C/[C@@H](C)C[C@@H](C)CCCCCCCCCCCCCCCCCCC)C1O. The van der Waals surface area contributed by atoms with Crippen LogP contribution >= 0.6 is 0 Å². The van der Waals surface area contributed by atoms with Gasteiger partial charge in [0.1, 0.15) is 31.0 Å². The highest BCUT2D eigenvalue weighted by atomic mass is 16.8. The third kappa shape index (κ3) is 76.7. The molecule has 2 rings (SSSR count). The Morgan fingerprint density at radius 1 is 0.247 bits per heavy atom. The van der Waals surface area contributed by atoms with Crippen molar-refractivity contribution in [2.45, 2.75) is 718 Å². The highest BCUT2D eigenvalue weighted by molar-refractivity contribution is 5.89. The number of aliphatic hydroxyl groups is 3. The lowest BCUT2D eigenvalue weighted by atomic mass is 9.91. The lowest BCUT2D eigenvalue weighted by Crippen LogP contribution is -2.66. The first kappa shape index (κ1) is 142. The van der Waals surface area contributed by atoms with Crippen LogP contribution in [0.2, 0.25) is 0 Å². The maximum atomic E-state index is 15.1. The van der Waals surface area contributed by atoms with Gasteiger partial charge in [-0.05, 0) is 107 Å². The van der Waals surface area contributed by atoms with E-state index in [4.69, 9.17) is 37.9 Å². The molecule has 3 N–H and O–H groups in total. The zero-order valence-electron chi connectivity index (χ0n) is 102. The zero-order valence-corrected chi connectivity index (χ0v) is 102. The molecule has 2 aliphatic heterocycles. The van der Waals surface area contributed by atoms with E-state index in [1.165, 1.54) is 424 Å². The molecule has 16 heteroatoms. The van der Waals surface area contributed by atoms with Crippen LogP contribution in [0.4, 0.5) is 0 Å². The van der Waals surface area contributed by atoms with Crippen molar-refractivity contribution in [3.05, 3.63) is 46.6 Å². The fourth-order valence-corrected chi connectivity index (χ4v) is 23.4. The Bertz CT molecular complexity index is 3270. The Balaban J connectivity index is 2.69. The van der Waals surface area contributed by atoms with Gasteiger partial charge in [0.25, 0.3) is 0 Å². The number of carbonyl (C=O) groups is 5. The molecule has 0 bridgehead atoms. The Labute approximate surface area is 927 Å². The number of rotatable bonds is 105. The first-order chi connectivity index (χ1) is 72.7. The topological polar surface area (TPSA) is 220 Å². The predicted octanol–water partition coefficient (Wildman–Crippen LogP) is 39.1. The predicted molar refractivity (Wildman–Crippen MR) is 633 cm³/mol. The number of aliphatic hydroxyl groups excluding tert-OH is 3. The van der Waals surface area contributed by atoms with Crippen LogP contribution in [0.15, 0.2) is 46.6 Å². The molecule has 18 atom stereocenters. The van der Waals surface area contributed by atoms with Crippen LogP contribution in [0.3, 0.4) is 0 Å². The number of unbranched alkanes of at least 4 members (excludes halogenated alkanes) is 70. The molecule has 0 aromatic heterocycles.